The molecule has 0 N–H and O–H groups in total. The van der Waals surface area contributed by atoms with Crippen molar-refractivity contribution in [3.63, 3.8) is 0 Å². The molecule has 16 heteroatoms. The number of benzene rings is 1. The van der Waals surface area contributed by atoms with Crippen molar-refractivity contribution in [1.29, 1.82) is 0 Å². The monoisotopic (exact) mass is 514 g/mol. The van der Waals surface area contributed by atoms with Gasteiger partial charge in [0.05, 0.1) is 19.3 Å². The highest BCUT2D eigenvalue weighted by Crippen LogP contribution is 2.32. The molecule has 0 bridgehead atoms. The van der Waals surface area contributed by atoms with E-state index in [4.69, 9.17) is 9.15 Å². The second-order valence-corrected chi connectivity index (χ2v) is 9.55. The van der Waals surface area contributed by atoms with Gasteiger partial charge in [0.15, 0.2) is 5.75 Å². The van der Waals surface area contributed by atoms with E-state index < -0.39 is 57.9 Å². The van der Waals surface area contributed by atoms with Crippen molar-refractivity contribution in [2.75, 3.05) is 32.1 Å². The molecular weight excluding hydrogens is 498 g/mol. The van der Waals surface area contributed by atoms with Crippen molar-refractivity contribution in [3.05, 3.63) is 35.0 Å². The lowest BCUT2D eigenvalue weighted by Gasteiger charge is -2.36. The van der Waals surface area contributed by atoms with Gasteiger partial charge >= 0.3 is 12.6 Å². The van der Waals surface area contributed by atoms with Crippen LogP contribution >= 0.6 is 0 Å². The zero-order chi connectivity index (χ0) is 24.8. The minimum atomic E-state index is -4.96. The van der Waals surface area contributed by atoms with Gasteiger partial charge in [0.25, 0.3) is 11.8 Å². The maximum atomic E-state index is 14.7. The molecule has 0 spiro atoms. The van der Waals surface area contributed by atoms with Gasteiger partial charge in [-0.25, -0.2) is 12.8 Å². The molecule has 3 heterocycles. The number of morpholine rings is 1. The molecule has 0 unspecified atom stereocenters. The zero-order valence-electron chi connectivity index (χ0n) is 17.1. The van der Waals surface area contributed by atoms with Gasteiger partial charge in [0.2, 0.25) is 15.9 Å². The lowest BCUT2D eigenvalue weighted by molar-refractivity contribution is -0.107. The van der Waals surface area contributed by atoms with E-state index in [1.165, 1.54) is 6.07 Å². The van der Waals surface area contributed by atoms with Gasteiger partial charge in [0, 0.05) is 36.3 Å². The van der Waals surface area contributed by atoms with Crippen LogP contribution in [-0.4, -0.2) is 78.0 Å². The first kappa shape index (κ1) is 24.4. The largest absolute Gasteiger partial charge is 0.415 e. The molecule has 1 saturated heterocycles. The van der Waals surface area contributed by atoms with Crippen LogP contribution < -0.4 is 0 Å². The molecule has 4 rings (SSSR count). The average Bonchev–Trinajstić information content (AvgIpc) is 3.33. The number of carbonyl (C=O) groups excluding carboxylic acids is 1. The SMILES string of the molecule is O=C1c2cc(-c3nnc(C(F)F)o3)cc(F)c2CN1C[C@H]1COCCN1S(=O)(=O)CC(F)(F)F. The van der Waals surface area contributed by atoms with E-state index in [1.807, 2.05) is 0 Å². The third kappa shape index (κ3) is 4.88. The molecule has 1 aromatic heterocycles. The summed E-state index contributed by atoms with van der Waals surface area (Å²) in [6.07, 6.45) is -8.01. The summed E-state index contributed by atoms with van der Waals surface area (Å²) in [7, 11) is -4.74. The third-order valence-corrected chi connectivity index (χ3v) is 7.13. The Balaban J connectivity index is 1.56. The van der Waals surface area contributed by atoms with Crippen LogP contribution in [0.15, 0.2) is 16.5 Å². The van der Waals surface area contributed by atoms with Gasteiger partial charge in [0.1, 0.15) is 5.82 Å². The first-order chi connectivity index (χ1) is 15.9. The van der Waals surface area contributed by atoms with E-state index in [1.54, 1.807) is 0 Å². The molecule has 0 saturated carbocycles. The molecule has 186 valence electrons. The maximum Gasteiger partial charge on any atom is 0.404 e. The molecule has 0 aliphatic carbocycles. The van der Waals surface area contributed by atoms with E-state index in [2.05, 4.69) is 10.2 Å². The van der Waals surface area contributed by atoms with Crippen LogP contribution in [0.3, 0.4) is 0 Å². The van der Waals surface area contributed by atoms with E-state index in [9.17, 15) is 39.6 Å². The Morgan fingerprint density at radius 3 is 2.59 bits per heavy atom. The number of fused-ring (bicyclic) bond motifs is 1. The van der Waals surface area contributed by atoms with Gasteiger partial charge in [-0.15, -0.1) is 10.2 Å². The highest BCUT2D eigenvalue weighted by molar-refractivity contribution is 7.89. The average molecular weight is 514 g/mol. The van der Waals surface area contributed by atoms with Crippen LogP contribution in [-0.2, 0) is 21.3 Å². The first-order valence-electron chi connectivity index (χ1n) is 9.73. The number of carbonyl (C=O) groups is 1. The highest BCUT2D eigenvalue weighted by atomic mass is 32.2. The predicted octanol–water partition coefficient (Wildman–Crippen LogP) is 2.36. The zero-order valence-corrected chi connectivity index (χ0v) is 17.9. The van der Waals surface area contributed by atoms with Gasteiger partial charge in [-0.05, 0) is 12.1 Å². The van der Waals surface area contributed by atoms with Gasteiger partial charge in [-0.3, -0.25) is 4.79 Å². The number of amides is 1. The molecular formula is C18H16F6N4O5S. The molecule has 9 nitrogen and oxygen atoms in total. The van der Waals surface area contributed by atoms with Crippen LogP contribution in [0.1, 0.15) is 28.2 Å². The number of rotatable bonds is 6. The fourth-order valence-corrected chi connectivity index (χ4v) is 5.34. The Kier molecular flexibility index (Phi) is 6.32. The van der Waals surface area contributed by atoms with Crippen molar-refractivity contribution in [3.8, 4) is 11.5 Å². The number of hydrogen-bond acceptors (Lipinski definition) is 7. The summed E-state index contributed by atoms with van der Waals surface area (Å²) in [6.45, 7) is -1.35. The van der Waals surface area contributed by atoms with Crippen LogP contribution in [0.5, 0.6) is 0 Å². The standard InChI is InChI=1S/C18H16F6N4O5S/c19-13-4-9(15-25-26-16(33-15)14(20)21)3-11-12(13)6-27(17(11)29)5-10-7-32-2-1-28(10)34(30,31)8-18(22,23)24/h3-4,10,14H,1-2,5-8H2/t10-/m0/s1. The summed E-state index contributed by atoms with van der Waals surface area (Å²) in [4.78, 5) is 14.0. The molecule has 1 fully saturated rings. The molecule has 1 atom stereocenters. The Morgan fingerprint density at radius 1 is 1.21 bits per heavy atom. The molecule has 2 aliphatic rings. The number of aromatic nitrogens is 2. The summed E-state index contributed by atoms with van der Waals surface area (Å²) >= 11 is 0. The fourth-order valence-electron chi connectivity index (χ4n) is 3.83. The minimum absolute atomic E-state index is 0.0521. The van der Waals surface area contributed by atoms with Crippen molar-refractivity contribution in [1.82, 2.24) is 19.4 Å². The quantitative estimate of drug-likeness (QED) is 0.545. The second kappa shape index (κ2) is 8.81. The van der Waals surface area contributed by atoms with E-state index >= 15 is 0 Å². The van der Waals surface area contributed by atoms with Crippen LogP contribution in [0.2, 0.25) is 0 Å². The smallest absolute Gasteiger partial charge is 0.404 e. The van der Waals surface area contributed by atoms with Crippen molar-refractivity contribution in [2.45, 2.75) is 25.2 Å². The van der Waals surface area contributed by atoms with Gasteiger partial charge in [-0.2, -0.15) is 26.3 Å². The molecule has 2 aromatic rings. The van der Waals surface area contributed by atoms with Crippen molar-refractivity contribution >= 4 is 15.9 Å². The minimum Gasteiger partial charge on any atom is -0.415 e. The van der Waals surface area contributed by atoms with E-state index in [0.717, 1.165) is 11.0 Å². The van der Waals surface area contributed by atoms with Crippen LogP contribution in [0.4, 0.5) is 26.3 Å². The summed E-state index contributed by atoms with van der Waals surface area (Å²) in [5.41, 5.74) is -0.321. The fraction of sp³-hybridized carbons (Fsp3) is 0.500. The number of ether oxygens (including phenoxy) is 1. The second-order valence-electron chi connectivity index (χ2n) is 7.63. The summed E-state index contributed by atoms with van der Waals surface area (Å²) in [6, 6.07) is 0.966. The Bertz CT molecular complexity index is 1200. The lowest BCUT2D eigenvalue weighted by Crippen LogP contribution is -2.55. The maximum absolute atomic E-state index is 14.7. The summed E-state index contributed by atoms with van der Waals surface area (Å²) < 4.78 is 114. The molecule has 34 heavy (non-hydrogen) atoms. The molecule has 0 radical (unpaired) electrons. The summed E-state index contributed by atoms with van der Waals surface area (Å²) in [5, 5.41) is 6.55. The molecule has 1 aromatic carbocycles. The Morgan fingerprint density at radius 2 is 1.94 bits per heavy atom. The highest BCUT2D eigenvalue weighted by Gasteiger charge is 2.43. The van der Waals surface area contributed by atoms with Gasteiger partial charge in [-0.1, -0.05) is 0 Å². The van der Waals surface area contributed by atoms with Crippen LogP contribution in [0, 0.1) is 5.82 Å². The summed E-state index contributed by atoms with van der Waals surface area (Å²) in [5.74, 6) is -5.09. The molecule has 2 aliphatic heterocycles. The number of hydrogen-bond donors (Lipinski definition) is 0. The topological polar surface area (TPSA) is 106 Å². The number of halogens is 6. The third-order valence-electron chi connectivity index (χ3n) is 5.24. The van der Waals surface area contributed by atoms with E-state index in [-0.39, 0.29) is 49.5 Å². The number of alkyl halides is 5. The molecule has 1 amide bonds. The predicted molar refractivity (Wildman–Crippen MR) is 101 cm³/mol. The van der Waals surface area contributed by atoms with Crippen LogP contribution in [0.25, 0.3) is 11.5 Å². The Hall–Kier alpha value is -2.72. The first-order valence-corrected chi connectivity index (χ1v) is 11.3. The van der Waals surface area contributed by atoms with Crippen molar-refractivity contribution < 1.29 is 48.7 Å². The van der Waals surface area contributed by atoms with Gasteiger partial charge < -0.3 is 14.1 Å². The normalized spacial score (nSPS) is 19.8. The Labute approximate surface area is 188 Å². The number of sulfonamides is 1. The lowest BCUT2D eigenvalue weighted by atomic mass is 10.1. The number of nitrogens with zero attached hydrogens (tertiary/aromatic N) is 4. The van der Waals surface area contributed by atoms with Crippen molar-refractivity contribution in [2.24, 2.45) is 0 Å². The van der Waals surface area contributed by atoms with E-state index in [0.29, 0.717) is 4.31 Å².